The predicted octanol–water partition coefficient (Wildman–Crippen LogP) is 1.92. The summed E-state index contributed by atoms with van der Waals surface area (Å²) < 4.78 is 0. The molecular formula is C13H17NO2. The van der Waals surface area contributed by atoms with Gasteiger partial charge in [0.2, 0.25) is 5.78 Å². The number of Topliss-reactive ketones (excluding diaryl/α,β-unsaturated/α-hetero) is 1. The molecule has 1 aromatic rings. The highest BCUT2D eigenvalue weighted by Gasteiger charge is 2.27. The molecule has 16 heavy (non-hydrogen) atoms. The van der Waals surface area contributed by atoms with E-state index in [-0.39, 0.29) is 5.78 Å². The van der Waals surface area contributed by atoms with E-state index in [9.17, 15) is 9.59 Å². The lowest BCUT2D eigenvalue weighted by Crippen LogP contribution is -2.37. The molecule has 0 unspecified atom stereocenters. The van der Waals surface area contributed by atoms with Crippen LogP contribution in [0.1, 0.15) is 26.3 Å². The molecule has 0 heterocycles. The molecule has 0 radical (unpaired) electrons. The largest absolute Gasteiger partial charge is 0.345 e. The van der Waals surface area contributed by atoms with Crippen molar-refractivity contribution in [3.8, 4) is 0 Å². The Bertz CT molecular complexity index is 377. The van der Waals surface area contributed by atoms with E-state index in [1.165, 1.54) is 0 Å². The van der Waals surface area contributed by atoms with Crippen LogP contribution in [0, 0.1) is 5.41 Å². The number of hydrogen-bond donors (Lipinski definition) is 1. The third-order valence-corrected chi connectivity index (χ3v) is 2.18. The number of amides is 1. The second-order valence-corrected chi connectivity index (χ2v) is 4.75. The van der Waals surface area contributed by atoms with Crippen molar-refractivity contribution in [2.45, 2.75) is 27.3 Å². The van der Waals surface area contributed by atoms with Crippen LogP contribution in [-0.2, 0) is 16.1 Å². The normalized spacial score (nSPS) is 10.9. The zero-order valence-corrected chi connectivity index (χ0v) is 9.91. The predicted molar refractivity (Wildman–Crippen MR) is 62.8 cm³/mol. The number of carbonyl (C=O) groups is 2. The van der Waals surface area contributed by atoms with Gasteiger partial charge in [-0.1, -0.05) is 51.1 Å². The first-order valence-corrected chi connectivity index (χ1v) is 5.28. The molecule has 0 aliphatic rings. The molecule has 86 valence electrons. The Hall–Kier alpha value is -1.64. The molecule has 0 bridgehead atoms. The van der Waals surface area contributed by atoms with E-state index in [0.29, 0.717) is 6.54 Å². The van der Waals surface area contributed by atoms with Crippen molar-refractivity contribution < 1.29 is 9.59 Å². The quantitative estimate of drug-likeness (QED) is 0.789. The van der Waals surface area contributed by atoms with Crippen molar-refractivity contribution in [2.24, 2.45) is 5.41 Å². The Balaban J connectivity index is 2.51. The molecule has 0 fully saturated rings. The molecule has 0 atom stereocenters. The first-order chi connectivity index (χ1) is 7.41. The SMILES string of the molecule is CC(C)(C)C(=O)C(=O)NCc1ccccc1. The van der Waals surface area contributed by atoms with E-state index >= 15 is 0 Å². The van der Waals surface area contributed by atoms with Crippen LogP contribution in [-0.4, -0.2) is 11.7 Å². The summed E-state index contributed by atoms with van der Waals surface area (Å²) >= 11 is 0. The third-order valence-electron chi connectivity index (χ3n) is 2.18. The fourth-order valence-electron chi connectivity index (χ4n) is 1.20. The minimum atomic E-state index is -0.624. The lowest BCUT2D eigenvalue weighted by Gasteiger charge is -2.15. The van der Waals surface area contributed by atoms with Gasteiger partial charge in [-0.3, -0.25) is 9.59 Å². The zero-order chi connectivity index (χ0) is 12.2. The van der Waals surface area contributed by atoms with Crippen LogP contribution < -0.4 is 5.32 Å². The molecule has 0 saturated heterocycles. The Kier molecular flexibility index (Phi) is 3.82. The van der Waals surface area contributed by atoms with Crippen LogP contribution in [0.4, 0.5) is 0 Å². The molecule has 0 spiro atoms. The Morgan fingerprint density at radius 1 is 1.12 bits per heavy atom. The summed E-state index contributed by atoms with van der Waals surface area (Å²) in [5.41, 5.74) is 0.360. The maximum Gasteiger partial charge on any atom is 0.288 e. The van der Waals surface area contributed by atoms with Crippen molar-refractivity contribution in [1.29, 1.82) is 0 Å². The maximum atomic E-state index is 11.6. The highest BCUT2D eigenvalue weighted by Crippen LogP contribution is 2.14. The van der Waals surface area contributed by atoms with Crippen molar-refractivity contribution in [3.05, 3.63) is 35.9 Å². The summed E-state index contributed by atoms with van der Waals surface area (Å²) in [5, 5.41) is 2.62. The zero-order valence-electron chi connectivity index (χ0n) is 9.91. The average molecular weight is 219 g/mol. The second kappa shape index (κ2) is 4.92. The van der Waals surface area contributed by atoms with Gasteiger partial charge in [0.25, 0.3) is 5.91 Å². The topological polar surface area (TPSA) is 46.2 Å². The van der Waals surface area contributed by atoms with E-state index < -0.39 is 11.3 Å². The molecule has 3 heteroatoms. The molecule has 3 nitrogen and oxygen atoms in total. The van der Waals surface area contributed by atoms with Gasteiger partial charge in [0.1, 0.15) is 0 Å². The molecule has 0 aromatic heterocycles. The van der Waals surface area contributed by atoms with E-state index in [0.717, 1.165) is 5.56 Å². The standard InChI is InChI=1S/C13H17NO2/c1-13(2,3)11(15)12(16)14-9-10-7-5-4-6-8-10/h4-8H,9H2,1-3H3,(H,14,16). The van der Waals surface area contributed by atoms with E-state index in [1.54, 1.807) is 20.8 Å². The number of hydrogen-bond acceptors (Lipinski definition) is 2. The fourth-order valence-corrected chi connectivity index (χ4v) is 1.20. The maximum absolute atomic E-state index is 11.6. The number of ketones is 1. The summed E-state index contributed by atoms with van der Waals surface area (Å²) in [6.45, 7) is 5.59. The number of rotatable bonds is 3. The van der Waals surface area contributed by atoms with Crippen LogP contribution in [0.3, 0.4) is 0 Å². The number of nitrogens with one attached hydrogen (secondary N) is 1. The molecule has 0 saturated carbocycles. The average Bonchev–Trinajstić information content (AvgIpc) is 2.25. The Labute approximate surface area is 95.9 Å². The van der Waals surface area contributed by atoms with Gasteiger partial charge < -0.3 is 5.32 Å². The van der Waals surface area contributed by atoms with Gasteiger partial charge in [-0.2, -0.15) is 0 Å². The molecule has 0 aliphatic carbocycles. The van der Waals surface area contributed by atoms with Gasteiger partial charge in [0, 0.05) is 12.0 Å². The Morgan fingerprint density at radius 2 is 1.69 bits per heavy atom. The highest BCUT2D eigenvalue weighted by atomic mass is 16.2. The van der Waals surface area contributed by atoms with Crippen molar-refractivity contribution in [1.82, 2.24) is 5.32 Å². The summed E-state index contributed by atoms with van der Waals surface area (Å²) in [4.78, 5) is 23.1. The first kappa shape index (κ1) is 12.4. The summed E-state index contributed by atoms with van der Waals surface area (Å²) in [7, 11) is 0. The molecule has 0 aliphatic heterocycles. The van der Waals surface area contributed by atoms with Gasteiger partial charge in [-0.15, -0.1) is 0 Å². The van der Waals surface area contributed by atoms with Crippen molar-refractivity contribution in [3.63, 3.8) is 0 Å². The van der Waals surface area contributed by atoms with Gasteiger partial charge in [0.05, 0.1) is 0 Å². The molecule has 1 aromatic carbocycles. The van der Waals surface area contributed by atoms with Crippen LogP contribution in [0.2, 0.25) is 0 Å². The third kappa shape index (κ3) is 3.50. The Morgan fingerprint density at radius 3 is 2.19 bits per heavy atom. The summed E-state index contributed by atoms with van der Waals surface area (Å²) in [6, 6.07) is 9.51. The smallest absolute Gasteiger partial charge is 0.288 e. The second-order valence-electron chi connectivity index (χ2n) is 4.75. The molecule has 1 rings (SSSR count). The number of carbonyl (C=O) groups excluding carboxylic acids is 2. The van der Waals surface area contributed by atoms with Gasteiger partial charge >= 0.3 is 0 Å². The van der Waals surface area contributed by atoms with E-state index in [4.69, 9.17) is 0 Å². The molecule has 1 N–H and O–H groups in total. The van der Waals surface area contributed by atoms with Gasteiger partial charge in [-0.25, -0.2) is 0 Å². The molecular weight excluding hydrogens is 202 g/mol. The van der Waals surface area contributed by atoms with Crippen LogP contribution in [0.5, 0.6) is 0 Å². The summed E-state index contributed by atoms with van der Waals surface area (Å²) in [6.07, 6.45) is 0. The highest BCUT2D eigenvalue weighted by molar-refractivity contribution is 6.37. The van der Waals surface area contributed by atoms with Crippen LogP contribution in [0.25, 0.3) is 0 Å². The van der Waals surface area contributed by atoms with E-state index in [2.05, 4.69) is 5.32 Å². The van der Waals surface area contributed by atoms with Crippen LogP contribution in [0.15, 0.2) is 30.3 Å². The van der Waals surface area contributed by atoms with Gasteiger partial charge in [0.15, 0.2) is 0 Å². The van der Waals surface area contributed by atoms with E-state index in [1.807, 2.05) is 30.3 Å². The fraction of sp³-hybridized carbons (Fsp3) is 0.385. The lowest BCUT2D eigenvalue weighted by molar-refractivity contribution is -0.142. The monoisotopic (exact) mass is 219 g/mol. The minimum Gasteiger partial charge on any atom is -0.345 e. The first-order valence-electron chi connectivity index (χ1n) is 5.28. The minimum absolute atomic E-state index is 0.386. The van der Waals surface area contributed by atoms with Gasteiger partial charge in [-0.05, 0) is 5.56 Å². The van der Waals surface area contributed by atoms with Crippen molar-refractivity contribution >= 4 is 11.7 Å². The summed E-state index contributed by atoms with van der Waals surface area (Å²) in [5.74, 6) is -0.903. The van der Waals surface area contributed by atoms with Crippen molar-refractivity contribution in [2.75, 3.05) is 0 Å². The van der Waals surface area contributed by atoms with Crippen LogP contribution >= 0.6 is 0 Å². The number of benzene rings is 1. The molecule has 1 amide bonds. The lowest BCUT2D eigenvalue weighted by atomic mass is 9.90.